The van der Waals surface area contributed by atoms with Gasteiger partial charge in [-0.2, -0.15) is 0 Å². The maximum Gasteiger partial charge on any atom is 0.274 e. The van der Waals surface area contributed by atoms with E-state index < -0.39 is 5.91 Å². The average molecular weight is 422 g/mol. The summed E-state index contributed by atoms with van der Waals surface area (Å²) in [6, 6.07) is 16.5. The number of likely N-dealkylation sites (tertiary alicyclic amines) is 1. The summed E-state index contributed by atoms with van der Waals surface area (Å²) in [5.74, 6) is -0.493. The van der Waals surface area contributed by atoms with Crippen molar-refractivity contribution in [2.24, 2.45) is 0 Å². The van der Waals surface area contributed by atoms with Crippen molar-refractivity contribution in [1.82, 2.24) is 14.9 Å². The van der Waals surface area contributed by atoms with Crippen LogP contribution < -0.4 is 5.48 Å². The molecule has 1 atom stereocenters. The zero-order valence-corrected chi connectivity index (χ0v) is 18.3. The smallest absolute Gasteiger partial charge is 0.274 e. The van der Waals surface area contributed by atoms with Crippen molar-refractivity contribution in [3.63, 3.8) is 0 Å². The van der Waals surface area contributed by atoms with Crippen molar-refractivity contribution >= 4 is 16.8 Å². The van der Waals surface area contributed by atoms with Gasteiger partial charge in [0.05, 0.1) is 6.61 Å². The molecule has 0 radical (unpaired) electrons. The zero-order valence-electron chi connectivity index (χ0n) is 18.3. The van der Waals surface area contributed by atoms with Crippen LogP contribution in [0.25, 0.3) is 10.9 Å². The molecule has 0 bridgehead atoms. The third kappa shape index (κ3) is 4.51. The lowest BCUT2D eigenvalue weighted by molar-refractivity contribution is 0.0706. The summed E-state index contributed by atoms with van der Waals surface area (Å²) in [5, 5.41) is 10.1. The predicted octanol–water partition coefficient (Wildman–Crippen LogP) is 3.77. The lowest BCUT2D eigenvalue weighted by Gasteiger charge is -2.24. The third-order valence-electron chi connectivity index (χ3n) is 6.53. The molecule has 6 heteroatoms. The highest BCUT2D eigenvalue weighted by Gasteiger charge is 2.24. The van der Waals surface area contributed by atoms with Crippen LogP contribution in [0.5, 0.6) is 0 Å². The van der Waals surface area contributed by atoms with Crippen LogP contribution in [-0.2, 0) is 17.7 Å². The molecule has 4 rings (SSSR count). The second kappa shape index (κ2) is 9.64. The van der Waals surface area contributed by atoms with Gasteiger partial charge in [-0.3, -0.25) is 14.9 Å². The van der Waals surface area contributed by atoms with Crippen LogP contribution in [0.2, 0.25) is 0 Å². The summed E-state index contributed by atoms with van der Waals surface area (Å²) >= 11 is 0. The lowest BCUT2D eigenvalue weighted by Crippen LogP contribution is -2.35. The van der Waals surface area contributed by atoms with Crippen LogP contribution in [0.4, 0.5) is 0 Å². The molecule has 1 aromatic heterocycles. The minimum Gasteiger partial charge on any atom is -0.383 e. The molecule has 0 saturated carbocycles. The van der Waals surface area contributed by atoms with Gasteiger partial charge in [-0.05, 0) is 62.1 Å². The first-order valence-electron chi connectivity index (χ1n) is 11.0. The number of hydroxylamine groups is 1. The fourth-order valence-corrected chi connectivity index (χ4v) is 4.86. The SMILES string of the molecule is COCC1CCCN1CCn1c(C)c(Cc2ccc(C(=O)NO)cc2)c2ccccc21. The van der Waals surface area contributed by atoms with Gasteiger partial charge >= 0.3 is 0 Å². The van der Waals surface area contributed by atoms with Crippen LogP contribution in [0, 0.1) is 6.92 Å². The molecule has 1 aliphatic rings. The first-order valence-corrected chi connectivity index (χ1v) is 11.0. The summed E-state index contributed by atoms with van der Waals surface area (Å²) in [6.07, 6.45) is 3.26. The Morgan fingerprint density at radius 2 is 1.94 bits per heavy atom. The number of fused-ring (bicyclic) bond motifs is 1. The summed E-state index contributed by atoms with van der Waals surface area (Å²) in [6.45, 7) is 6.15. The summed E-state index contributed by atoms with van der Waals surface area (Å²) in [4.78, 5) is 14.1. The molecule has 2 aromatic carbocycles. The fraction of sp³-hybridized carbons (Fsp3) is 0.400. The van der Waals surface area contributed by atoms with Crippen LogP contribution in [0.1, 0.15) is 40.0 Å². The number of amides is 1. The van der Waals surface area contributed by atoms with Gasteiger partial charge in [-0.15, -0.1) is 0 Å². The van der Waals surface area contributed by atoms with Gasteiger partial charge in [0.2, 0.25) is 0 Å². The third-order valence-corrected chi connectivity index (χ3v) is 6.53. The Balaban J connectivity index is 1.57. The number of para-hydroxylation sites is 1. The first-order chi connectivity index (χ1) is 15.1. The molecule has 164 valence electrons. The number of aromatic nitrogens is 1. The van der Waals surface area contributed by atoms with Crippen LogP contribution >= 0.6 is 0 Å². The van der Waals surface area contributed by atoms with Gasteiger partial charge < -0.3 is 9.30 Å². The number of carbonyl (C=O) groups is 1. The summed E-state index contributed by atoms with van der Waals surface area (Å²) < 4.78 is 7.86. The molecule has 0 spiro atoms. The minimum atomic E-state index is -0.493. The van der Waals surface area contributed by atoms with Crippen molar-refractivity contribution < 1.29 is 14.7 Å². The normalized spacial score (nSPS) is 16.8. The van der Waals surface area contributed by atoms with Crippen molar-refractivity contribution in [1.29, 1.82) is 0 Å². The molecule has 2 N–H and O–H groups in total. The average Bonchev–Trinajstić information content (AvgIpc) is 3.35. The van der Waals surface area contributed by atoms with Crippen molar-refractivity contribution in [2.45, 2.75) is 38.8 Å². The van der Waals surface area contributed by atoms with E-state index in [0.717, 1.165) is 38.2 Å². The molecule has 3 aromatic rings. The number of ether oxygens (including phenoxy) is 1. The highest BCUT2D eigenvalue weighted by Crippen LogP contribution is 2.29. The maximum atomic E-state index is 11.6. The van der Waals surface area contributed by atoms with E-state index in [1.807, 2.05) is 12.1 Å². The molecule has 1 fully saturated rings. The number of nitrogens with zero attached hydrogens (tertiary/aromatic N) is 2. The molecular weight excluding hydrogens is 390 g/mol. The highest BCUT2D eigenvalue weighted by molar-refractivity contribution is 5.93. The molecule has 31 heavy (non-hydrogen) atoms. The summed E-state index contributed by atoms with van der Waals surface area (Å²) in [7, 11) is 1.79. The van der Waals surface area contributed by atoms with E-state index in [2.05, 4.69) is 40.7 Å². The monoisotopic (exact) mass is 421 g/mol. The van der Waals surface area contributed by atoms with Gasteiger partial charge in [-0.1, -0.05) is 30.3 Å². The second-order valence-corrected chi connectivity index (χ2v) is 8.33. The largest absolute Gasteiger partial charge is 0.383 e. The molecular formula is C25H31N3O3. The quantitative estimate of drug-likeness (QED) is 0.429. The van der Waals surface area contributed by atoms with Gasteiger partial charge in [0.1, 0.15) is 0 Å². The Labute approximate surface area is 183 Å². The Morgan fingerprint density at radius 1 is 1.16 bits per heavy atom. The molecule has 2 heterocycles. The zero-order chi connectivity index (χ0) is 21.8. The lowest BCUT2D eigenvalue weighted by atomic mass is 10.0. The number of rotatable bonds is 8. The first kappa shape index (κ1) is 21.6. The van der Waals surface area contributed by atoms with Crippen LogP contribution in [-0.4, -0.2) is 53.4 Å². The van der Waals surface area contributed by atoms with E-state index in [9.17, 15) is 4.79 Å². The van der Waals surface area contributed by atoms with E-state index in [-0.39, 0.29) is 0 Å². The fourth-order valence-electron chi connectivity index (χ4n) is 4.86. The Morgan fingerprint density at radius 3 is 2.68 bits per heavy atom. The van der Waals surface area contributed by atoms with Gasteiger partial charge in [-0.25, -0.2) is 5.48 Å². The molecule has 1 amide bonds. The second-order valence-electron chi connectivity index (χ2n) is 8.33. The topological polar surface area (TPSA) is 66.7 Å². The van der Waals surface area contributed by atoms with E-state index in [1.165, 1.54) is 35.0 Å². The molecule has 1 unspecified atom stereocenters. The number of methoxy groups -OCH3 is 1. The molecule has 0 aliphatic carbocycles. The molecule has 1 saturated heterocycles. The van der Waals surface area contributed by atoms with Crippen molar-refractivity contribution in [3.05, 3.63) is 70.9 Å². The van der Waals surface area contributed by atoms with Crippen LogP contribution in [0.3, 0.4) is 0 Å². The van der Waals surface area contributed by atoms with Crippen molar-refractivity contribution in [2.75, 3.05) is 26.8 Å². The Kier molecular flexibility index (Phi) is 6.70. The number of nitrogens with one attached hydrogen (secondary N) is 1. The number of benzene rings is 2. The van der Waals surface area contributed by atoms with E-state index in [1.54, 1.807) is 24.7 Å². The summed E-state index contributed by atoms with van der Waals surface area (Å²) in [5.41, 5.74) is 7.15. The Bertz CT molecular complexity index is 1040. The van der Waals surface area contributed by atoms with E-state index >= 15 is 0 Å². The number of hydrogen-bond donors (Lipinski definition) is 2. The maximum absolute atomic E-state index is 11.6. The van der Waals surface area contributed by atoms with Gasteiger partial charge in [0.25, 0.3) is 5.91 Å². The van der Waals surface area contributed by atoms with E-state index in [0.29, 0.717) is 11.6 Å². The molecule has 1 aliphatic heterocycles. The van der Waals surface area contributed by atoms with Gasteiger partial charge in [0.15, 0.2) is 0 Å². The molecule has 6 nitrogen and oxygen atoms in total. The number of carbonyl (C=O) groups excluding carboxylic acids is 1. The predicted molar refractivity (Wildman–Crippen MR) is 122 cm³/mol. The van der Waals surface area contributed by atoms with Crippen LogP contribution in [0.15, 0.2) is 48.5 Å². The van der Waals surface area contributed by atoms with Gasteiger partial charge in [0, 0.05) is 48.4 Å². The Hall–Kier alpha value is -2.67. The number of hydrogen-bond acceptors (Lipinski definition) is 4. The van der Waals surface area contributed by atoms with Crippen molar-refractivity contribution in [3.8, 4) is 0 Å². The minimum absolute atomic E-state index is 0.446. The highest BCUT2D eigenvalue weighted by atomic mass is 16.5. The standard InChI is InChI=1S/C25H31N3O3/c1-18-23(16-19-9-11-20(12-10-19)25(29)26-30)22-7-3-4-8-24(22)28(18)15-14-27-13-5-6-21(27)17-31-2/h3-4,7-12,21,30H,5-6,13-17H2,1-2H3,(H,26,29). The van der Waals surface area contributed by atoms with E-state index in [4.69, 9.17) is 9.94 Å².